The predicted octanol–water partition coefficient (Wildman–Crippen LogP) is 2.63. The number of aliphatic hydroxyl groups excluding tert-OH is 1. The molecule has 0 radical (unpaired) electrons. The van der Waals surface area contributed by atoms with Gasteiger partial charge in [0, 0.05) is 6.66 Å². The van der Waals surface area contributed by atoms with Gasteiger partial charge in [0.15, 0.2) is 5.31 Å². The van der Waals surface area contributed by atoms with Crippen molar-refractivity contribution in [2.45, 2.75) is 26.9 Å². The number of hydrogen-bond acceptors (Lipinski definition) is 4. The van der Waals surface area contributed by atoms with Crippen LogP contribution in [0.15, 0.2) is 11.1 Å². The quantitative estimate of drug-likeness (QED) is 0.434. The Balaban J connectivity index is 4.95. The minimum absolute atomic E-state index is 0.166. The van der Waals surface area contributed by atoms with Gasteiger partial charge >= 0.3 is 0 Å². The fourth-order valence-corrected chi connectivity index (χ4v) is 2.60. The second-order valence-corrected chi connectivity index (χ2v) is 5.40. The van der Waals surface area contributed by atoms with Crippen molar-refractivity contribution in [3.05, 3.63) is 11.1 Å². The largest absolute Gasteiger partial charge is 0.511 e. The molecule has 0 spiro atoms. The van der Waals surface area contributed by atoms with Gasteiger partial charge in [-0.2, -0.15) is 5.26 Å². The summed E-state index contributed by atoms with van der Waals surface area (Å²) in [5.41, 5.74) is 0. The maximum Gasteiger partial charge on any atom is 0.243 e. The van der Waals surface area contributed by atoms with Crippen molar-refractivity contribution in [1.82, 2.24) is 0 Å². The van der Waals surface area contributed by atoms with Crippen molar-refractivity contribution in [2.24, 2.45) is 0 Å². The van der Waals surface area contributed by atoms with Gasteiger partial charge in [-0.1, -0.05) is 0 Å². The minimum atomic E-state index is -3.15. The van der Waals surface area contributed by atoms with Crippen LogP contribution in [-0.4, -0.2) is 17.9 Å². The predicted molar refractivity (Wildman–Crippen MR) is 50.7 cm³/mol. The van der Waals surface area contributed by atoms with Gasteiger partial charge in [0.25, 0.3) is 0 Å². The van der Waals surface area contributed by atoms with Gasteiger partial charge < -0.3 is 9.63 Å². The topological polar surface area (TPSA) is 70.3 Å². The van der Waals surface area contributed by atoms with Crippen LogP contribution in [0.5, 0.6) is 0 Å². The summed E-state index contributed by atoms with van der Waals surface area (Å²) >= 11 is 0. The molecule has 0 aliphatic heterocycles. The Kier molecular flexibility index (Phi) is 4.19. The number of rotatable bonds is 3. The van der Waals surface area contributed by atoms with Crippen molar-refractivity contribution >= 4 is 7.37 Å². The van der Waals surface area contributed by atoms with E-state index in [2.05, 4.69) is 0 Å². The molecular formula is C8H14NO3P. The van der Waals surface area contributed by atoms with Crippen molar-refractivity contribution in [3.63, 3.8) is 0 Å². The van der Waals surface area contributed by atoms with Crippen molar-refractivity contribution < 1.29 is 14.2 Å². The molecule has 4 nitrogen and oxygen atoms in total. The van der Waals surface area contributed by atoms with Gasteiger partial charge in [-0.15, -0.1) is 0 Å². The van der Waals surface area contributed by atoms with Gasteiger partial charge in [-0.3, -0.25) is 4.57 Å². The lowest BCUT2D eigenvalue weighted by Crippen LogP contribution is -2.01. The Morgan fingerprint density at radius 3 is 2.31 bits per heavy atom. The molecule has 0 heterocycles. The fourth-order valence-electron chi connectivity index (χ4n) is 0.921. The van der Waals surface area contributed by atoms with Gasteiger partial charge in [-0.25, -0.2) is 0 Å². The zero-order valence-corrected chi connectivity index (χ0v) is 9.13. The molecule has 0 aliphatic rings. The second kappa shape index (κ2) is 4.45. The Morgan fingerprint density at radius 1 is 1.62 bits per heavy atom. The van der Waals surface area contributed by atoms with E-state index in [1.807, 2.05) is 0 Å². The second-order valence-electron chi connectivity index (χ2n) is 3.05. The van der Waals surface area contributed by atoms with Crippen LogP contribution in [0.4, 0.5) is 0 Å². The summed E-state index contributed by atoms with van der Waals surface area (Å²) in [7, 11) is -3.15. The molecule has 1 atom stereocenters. The third-order valence-corrected chi connectivity index (χ3v) is 3.33. The van der Waals surface area contributed by atoms with Crippen LogP contribution in [0.3, 0.4) is 0 Å². The highest BCUT2D eigenvalue weighted by Gasteiger charge is 2.26. The summed E-state index contributed by atoms with van der Waals surface area (Å²) in [6, 6.07) is 1.69. The molecule has 5 heteroatoms. The molecule has 0 aromatic heterocycles. The Hall–Kier alpha value is -0.780. The molecule has 74 valence electrons. The average molecular weight is 203 g/mol. The number of nitriles is 1. The first kappa shape index (κ1) is 12.2. The molecule has 0 aromatic rings. The normalized spacial score (nSPS) is 17.5. The summed E-state index contributed by atoms with van der Waals surface area (Å²) in [6.45, 7) is 6.08. The molecule has 1 N–H and O–H groups in total. The molecule has 0 rings (SSSR count). The zero-order chi connectivity index (χ0) is 10.6. The van der Waals surface area contributed by atoms with E-state index >= 15 is 0 Å². The molecule has 1 unspecified atom stereocenters. The molecule has 0 amide bonds. The molecule has 0 saturated carbocycles. The van der Waals surface area contributed by atoms with Crippen LogP contribution in [0.2, 0.25) is 0 Å². The first-order valence-corrected chi connectivity index (χ1v) is 5.95. The van der Waals surface area contributed by atoms with E-state index < -0.39 is 7.37 Å². The maximum absolute atomic E-state index is 11.7. The summed E-state index contributed by atoms with van der Waals surface area (Å²) in [5, 5.41) is 17.5. The summed E-state index contributed by atoms with van der Waals surface area (Å²) in [6.07, 6.45) is -0.237. The molecular weight excluding hydrogens is 189 g/mol. The molecule has 0 aliphatic carbocycles. The smallest absolute Gasteiger partial charge is 0.243 e. The standard InChI is InChI=1S/C8H14NO3P/c1-6(2)12-13(4,11)8(5-9)7(3)10/h6,10H,1-4H3. The molecule has 0 saturated heterocycles. The van der Waals surface area contributed by atoms with E-state index in [1.54, 1.807) is 19.9 Å². The number of aliphatic hydroxyl groups is 1. The lowest BCUT2D eigenvalue weighted by Gasteiger charge is -2.15. The number of hydrogen-bond donors (Lipinski definition) is 1. The van der Waals surface area contributed by atoms with E-state index in [0.29, 0.717) is 0 Å². The maximum atomic E-state index is 11.7. The summed E-state index contributed by atoms with van der Waals surface area (Å²) in [5.74, 6) is -0.242. The monoisotopic (exact) mass is 203 g/mol. The van der Waals surface area contributed by atoms with Crippen LogP contribution >= 0.6 is 7.37 Å². The Morgan fingerprint density at radius 2 is 2.08 bits per heavy atom. The van der Waals surface area contributed by atoms with Crippen LogP contribution in [0, 0.1) is 11.3 Å². The molecule has 0 fully saturated rings. The molecule has 13 heavy (non-hydrogen) atoms. The van der Waals surface area contributed by atoms with E-state index in [1.165, 1.54) is 13.6 Å². The highest BCUT2D eigenvalue weighted by atomic mass is 31.2. The van der Waals surface area contributed by atoms with Crippen LogP contribution in [0.1, 0.15) is 20.8 Å². The van der Waals surface area contributed by atoms with Crippen molar-refractivity contribution in [2.75, 3.05) is 6.66 Å². The summed E-state index contributed by atoms with van der Waals surface area (Å²) < 4.78 is 16.8. The Bertz CT molecular complexity index is 297. The van der Waals surface area contributed by atoms with Crippen molar-refractivity contribution in [3.8, 4) is 6.07 Å². The van der Waals surface area contributed by atoms with Crippen LogP contribution in [-0.2, 0) is 9.09 Å². The third kappa shape index (κ3) is 3.63. The summed E-state index contributed by atoms with van der Waals surface area (Å²) in [4.78, 5) is 0. The number of allylic oxidation sites excluding steroid dienone is 2. The molecule has 0 bridgehead atoms. The Labute approximate surface area is 78.3 Å². The van der Waals surface area contributed by atoms with Crippen molar-refractivity contribution in [1.29, 1.82) is 5.26 Å². The SMILES string of the molecule is CC(O)=C(C#N)P(C)(=O)OC(C)C. The van der Waals surface area contributed by atoms with Gasteiger partial charge in [0.2, 0.25) is 7.37 Å². The van der Waals surface area contributed by atoms with E-state index in [0.717, 1.165) is 0 Å². The average Bonchev–Trinajstić information content (AvgIpc) is 1.82. The highest BCUT2D eigenvalue weighted by molar-refractivity contribution is 7.63. The van der Waals surface area contributed by atoms with E-state index in [4.69, 9.17) is 14.9 Å². The lowest BCUT2D eigenvalue weighted by atomic mass is 10.5. The van der Waals surface area contributed by atoms with E-state index in [9.17, 15) is 4.57 Å². The number of nitrogens with zero attached hydrogens (tertiary/aromatic N) is 1. The molecule has 0 aromatic carbocycles. The van der Waals surface area contributed by atoms with Gasteiger partial charge in [0.05, 0.1) is 6.10 Å². The minimum Gasteiger partial charge on any atom is -0.511 e. The van der Waals surface area contributed by atoms with Gasteiger partial charge in [0.1, 0.15) is 11.8 Å². The van der Waals surface area contributed by atoms with Crippen LogP contribution in [0.25, 0.3) is 0 Å². The highest BCUT2D eigenvalue weighted by Crippen LogP contribution is 2.52. The van der Waals surface area contributed by atoms with E-state index in [-0.39, 0.29) is 17.2 Å². The third-order valence-electron chi connectivity index (χ3n) is 1.27. The first-order chi connectivity index (χ1) is 5.81. The first-order valence-electron chi connectivity index (χ1n) is 3.87. The van der Waals surface area contributed by atoms with Gasteiger partial charge in [-0.05, 0) is 20.8 Å². The zero-order valence-electron chi connectivity index (χ0n) is 8.24. The lowest BCUT2D eigenvalue weighted by molar-refractivity contribution is 0.249. The van der Waals surface area contributed by atoms with Crippen LogP contribution < -0.4 is 0 Å². The fraction of sp³-hybridized carbons (Fsp3) is 0.625.